The molecule has 0 spiro atoms. The minimum atomic E-state index is -0.228. The molecule has 1 aromatic heterocycles. The molecule has 62 valence electrons. The molecular formula is C7H8N4O. The Balaban J connectivity index is 3.04. The lowest BCUT2D eigenvalue weighted by Crippen LogP contribution is -2.24. The molecule has 0 atom stereocenters. The van der Waals surface area contributed by atoms with Crippen LogP contribution in [0.15, 0.2) is 12.3 Å². The van der Waals surface area contributed by atoms with E-state index in [4.69, 9.17) is 5.26 Å². The van der Waals surface area contributed by atoms with Crippen LogP contribution in [-0.2, 0) is 0 Å². The average Bonchev–Trinajstić information content (AvgIpc) is 2.49. The highest BCUT2D eigenvalue weighted by Crippen LogP contribution is 1.99. The van der Waals surface area contributed by atoms with Crippen molar-refractivity contribution in [3.05, 3.63) is 18.0 Å². The molecule has 0 saturated heterocycles. The largest absolute Gasteiger partial charge is 0.343 e. The first-order valence-electron chi connectivity index (χ1n) is 3.32. The van der Waals surface area contributed by atoms with Gasteiger partial charge in [0, 0.05) is 14.1 Å². The minimum Gasteiger partial charge on any atom is -0.343 e. The fraction of sp³-hybridized carbons (Fsp3) is 0.286. The summed E-state index contributed by atoms with van der Waals surface area (Å²) in [6.07, 6.45) is 3.19. The van der Waals surface area contributed by atoms with E-state index in [-0.39, 0.29) is 11.6 Å². The maximum Gasteiger partial charge on any atom is 0.272 e. The van der Waals surface area contributed by atoms with Gasteiger partial charge in [0.25, 0.3) is 5.91 Å². The molecular weight excluding hydrogens is 156 g/mol. The first kappa shape index (κ1) is 8.27. The van der Waals surface area contributed by atoms with Crippen LogP contribution in [0.25, 0.3) is 0 Å². The fourth-order valence-corrected chi connectivity index (χ4v) is 0.774. The van der Waals surface area contributed by atoms with Gasteiger partial charge in [0.1, 0.15) is 5.69 Å². The van der Waals surface area contributed by atoms with Crippen molar-refractivity contribution < 1.29 is 4.79 Å². The van der Waals surface area contributed by atoms with Crippen molar-refractivity contribution in [3.63, 3.8) is 0 Å². The topological polar surface area (TPSA) is 61.9 Å². The molecule has 0 saturated carbocycles. The average molecular weight is 164 g/mol. The number of hydrogen-bond donors (Lipinski definition) is 0. The van der Waals surface area contributed by atoms with Gasteiger partial charge in [-0.15, -0.1) is 0 Å². The van der Waals surface area contributed by atoms with Gasteiger partial charge in [0.2, 0.25) is 6.19 Å². The lowest BCUT2D eigenvalue weighted by molar-refractivity contribution is 0.0819. The summed E-state index contributed by atoms with van der Waals surface area (Å²) in [4.78, 5) is 12.7. The van der Waals surface area contributed by atoms with Gasteiger partial charge in [0.05, 0.1) is 6.20 Å². The van der Waals surface area contributed by atoms with Crippen LogP contribution in [0.3, 0.4) is 0 Å². The standard InChI is InChI=1S/C7H8N4O/c1-10(2)7(12)6-3-4-9-11(6)5-8/h3-4H,1-2H3. The predicted molar refractivity (Wildman–Crippen MR) is 41.3 cm³/mol. The number of amides is 1. The van der Waals surface area contributed by atoms with Gasteiger partial charge in [-0.25, -0.2) is 0 Å². The van der Waals surface area contributed by atoms with Gasteiger partial charge >= 0.3 is 0 Å². The van der Waals surface area contributed by atoms with Crippen LogP contribution in [0.2, 0.25) is 0 Å². The molecule has 0 aromatic carbocycles. The molecule has 0 radical (unpaired) electrons. The van der Waals surface area contributed by atoms with Crippen LogP contribution >= 0.6 is 0 Å². The summed E-state index contributed by atoms with van der Waals surface area (Å²) in [6, 6.07) is 1.51. The summed E-state index contributed by atoms with van der Waals surface area (Å²) in [5.74, 6) is -0.228. The van der Waals surface area contributed by atoms with Crippen LogP contribution in [0, 0.1) is 11.5 Å². The zero-order chi connectivity index (χ0) is 9.14. The molecule has 0 fully saturated rings. The van der Waals surface area contributed by atoms with E-state index in [1.54, 1.807) is 20.3 Å². The zero-order valence-electron chi connectivity index (χ0n) is 6.85. The molecule has 1 heterocycles. The molecule has 0 bridgehead atoms. The Labute approximate surface area is 69.8 Å². The Kier molecular flexibility index (Phi) is 2.10. The van der Waals surface area contributed by atoms with E-state index >= 15 is 0 Å². The molecule has 0 aliphatic heterocycles. The first-order valence-corrected chi connectivity index (χ1v) is 3.32. The van der Waals surface area contributed by atoms with Gasteiger partial charge in [-0.3, -0.25) is 4.79 Å². The molecule has 5 nitrogen and oxygen atoms in total. The normalized spacial score (nSPS) is 9.08. The van der Waals surface area contributed by atoms with Crippen LogP contribution in [0.4, 0.5) is 0 Å². The molecule has 1 rings (SSSR count). The number of nitriles is 1. The number of nitrogens with zero attached hydrogens (tertiary/aromatic N) is 4. The summed E-state index contributed by atoms with van der Waals surface area (Å²) >= 11 is 0. The lowest BCUT2D eigenvalue weighted by Gasteiger charge is -2.07. The number of carbonyl (C=O) groups is 1. The highest BCUT2D eigenvalue weighted by atomic mass is 16.2. The van der Waals surface area contributed by atoms with Gasteiger partial charge in [-0.1, -0.05) is 0 Å². The summed E-state index contributed by atoms with van der Waals surface area (Å²) in [6.45, 7) is 0. The second kappa shape index (κ2) is 3.05. The molecule has 0 aliphatic rings. The highest BCUT2D eigenvalue weighted by molar-refractivity contribution is 5.92. The molecule has 1 amide bonds. The quantitative estimate of drug-likeness (QED) is 0.583. The number of carbonyl (C=O) groups excluding carboxylic acids is 1. The molecule has 5 heteroatoms. The van der Waals surface area contributed by atoms with Crippen molar-refractivity contribution in [3.8, 4) is 6.19 Å². The number of rotatable bonds is 1. The molecule has 12 heavy (non-hydrogen) atoms. The zero-order valence-corrected chi connectivity index (χ0v) is 6.85. The molecule has 1 aromatic rings. The summed E-state index contributed by atoms with van der Waals surface area (Å²) in [7, 11) is 3.24. The van der Waals surface area contributed by atoms with Crippen molar-refractivity contribution in [2.75, 3.05) is 14.1 Å². The predicted octanol–water partition coefficient (Wildman–Crippen LogP) is -0.0859. The van der Waals surface area contributed by atoms with Crippen LogP contribution < -0.4 is 0 Å². The Morgan fingerprint density at radius 2 is 2.42 bits per heavy atom. The van der Waals surface area contributed by atoms with Crippen molar-refractivity contribution in [1.29, 1.82) is 5.26 Å². The van der Waals surface area contributed by atoms with E-state index in [9.17, 15) is 4.79 Å². The Hall–Kier alpha value is -1.83. The third-order valence-corrected chi connectivity index (χ3v) is 1.36. The van der Waals surface area contributed by atoms with Gasteiger partial charge in [-0.05, 0) is 6.07 Å². The summed E-state index contributed by atoms with van der Waals surface area (Å²) in [5.41, 5.74) is 0.280. The first-order chi connectivity index (χ1) is 5.66. The summed E-state index contributed by atoms with van der Waals surface area (Å²) in [5, 5.41) is 12.2. The van der Waals surface area contributed by atoms with Gasteiger partial charge in [-0.2, -0.15) is 15.0 Å². The van der Waals surface area contributed by atoms with Crippen molar-refractivity contribution >= 4 is 5.91 Å². The smallest absolute Gasteiger partial charge is 0.272 e. The van der Waals surface area contributed by atoms with E-state index in [0.717, 1.165) is 4.68 Å². The monoisotopic (exact) mass is 164 g/mol. The Morgan fingerprint density at radius 3 is 2.92 bits per heavy atom. The van der Waals surface area contributed by atoms with Crippen LogP contribution in [-0.4, -0.2) is 34.7 Å². The molecule has 0 N–H and O–H groups in total. The maximum absolute atomic E-state index is 11.3. The van der Waals surface area contributed by atoms with E-state index in [2.05, 4.69) is 5.10 Å². The SMILES string of the molecule is CN(C)C(=O)c1ccnn1C#N. The summed E-state index contributed by atoms with van der Waals surface area (Å²) < 4.78 is 0.988. The number of aromatic nitrogens is 2. The van der Waals surface area contributed by atoms with Crippen molar-refractivity contribution in [1.82, 2.24) is 14.7 Å². The highest BCUT2D eigenvalue weighted by Gasteiger charge is 2.12. The van der Waals surface area contributed by atoms with Gasteiger partial charge < -0.3 is 4.90 Å². The van der Waals surface area contributed by atoms with E-state index < -0.39 is 0 Å². The van der Waals surface area contributed by atoms with Crippen molar-refractivity contribution in [2.24, 2.45) is 0 Å². The van der Waals surface area contributed by atoms with E-state index in [1.807, 2.05) is 0 Å². The minimum absolute atomic E-state index is 0.228. The van der Waals surface area contributed by atoms with Crippen molar-refractivity contribution in [2.45, 2.75) is 0 Å². The third-order valence-electron chi connectivity index (χ3n) is 1.36. The molecule has 0 aliphatic carbocycles. The molecule has 0 unspecified atom stereocenters. The van der Waals surface area contributed by atoms with Crippen LogP contribution in [0.1, 0.15) is 10.5 Å². The Morgan fingerprint density at radius 1 is 1.75 bits per heavy atom. The van der Waals surface area contributed by atoms with Crippen LogP contribution in [0.5, 0.6) is 0 Å². The number of hydrogen-bond acceptors (Lipinski definition) is 3. The Bertz CT molecular complexity index is 333. The second-order valence-electron chi connectivity index (χ2n) is 2.43. The lowest BCUT2D eigenvalue weighted by atomic mass is 10.4. The van der Waals surface area contributed by atoms with Gasteiger partial charge in [0.15, 0.2) is 0 Å². The maximum atomic E-state index is 11.3. The fourth-order valence-electron chi connectivity index (χ4n) is 0.774. The third kappa shape index (κ3) is 1.27. The van der Waals surface area contributed by atoms with E-state index in [1.165, 1.54) is 17.2 Å². The van der Waals surface area contributed by atoms with E-state index in [0.29, 0.717) is 0 Å². The second-order valence-corrected chi connectivity index (χ2v) is 2.43.